The first-order chi connectivity index (χ1) is 15.6. The number of ether oxygens (including phenoxy) is 2. The zero-order valence-corrected chi connectivity index (χ0v) is 19.3. The quantitative estimate of drug-likeness (QED) is 0.501. The van der Waals surface area contributed by atoms with E-state index in [1.54, 1.807) is 0 Å². The van der Waals surface area contributed by atoms with Crippen molar-refractivity contribution in [1.29, 1.82) is 0 Å². The molecule has 1 N–H and O–H groups in total. The highest BCUT2D eigenvalue weighted by Gasteiger charge is 2.39. The van der Waals surface area contributed by atoms with Crippen molar-refractivity contribution in [2.24, 2.45) is 11.8 Å². The molecule has 0 spiro atoms. The van der Waals surface area contributed by atoms with Crippen LogP contribution in [0.3, 0.4) is 0 Å². The fraction of sp³-hybridized carbons (Fsp3) is 0.538. The average molecular weight is 452 g/mol. The third kappa shape index (κ3) is 3.77. The Labute approximate surface area is 192 Å². The topological polar surface area (TPSA) is 64.6 Å². The molecule has 6 rings (SSSR count). The lowest BCUT2D eigenvalue weighted by Gasteiger charge is -2.38. The zero-order valence-electron chi connectivity index (χ0n) is 18.4. The Balaban J connectivity index is 1.40. The highest BCUT2D eigenvalue weighted by atomic mass is 32.1. The molecule has 0 saturated heterocycles. The minimum atomic E-state index is -0.204. The van der Waals surface area contributed by atoms with Gasteiger partial charge in [0.25, 0.3) is 0 Å². The molecule has 1 aromatic carbocycles. The zero-order chi connectivity index (χ0) is 21.8. The molecule has 3 aliphatic carbocycles. The van der Waals surface area contributed by atoms with E-state index in [1.807, 2.05) is 23.5 Å². The van der Waals surface area contributed by atoms with Gasteiger partial charge in [-0.05, 0) is 79.8 Å². The van der Waals surface area contributed by atoms with E-state index in [1.165, 1.54) is 26.4 Å². The van der Waals surface area contributed by atoms with Gasteiger partial charge in [0.05, 0.1) is 11.8 Å². The Bertz CT molecular complexity index is 1080. The van der Waals surface area contributed by atoms with E-state index in [-0.39, 0.29) is 29.7 Å². The van der Waals surface area contributed by atoms with Crippen LogP contribution in [0.15, 0.2) is 18.2 Å². The Hall–Kier alpha value is -2.18. The minimum Gasteiger partial charge on any atom is -0.422 e. The molecule has 1 aliphatic heterocycles. The van der Waals surface area contributed by atoms with Gasteiger partial charge in [0.15, 0.2) is 11.5 Å². The Morgan fingerprint density at radius 1 is 0.969 bits per heavy atom. The molecule has 6 heteroatoms. The molecular weight excluding hydrogens is 422 g/mol. The van der Waals surface area contributed by atoms with Crippen LogP contribution in [0, 0.1) is 11.8 Å². The number of esters is 2. The summed E-state index contributed by atoms with van der Waals surface area (Å²) in [7, 11) is 0. The van der Waals surface area contributed by atoms with Crippen LogP contribution in [0.2, 0.25) is 0 Å². The molecule has 2 heterocycles. The van der Waals surface area contributed by atoms with Gasteiger partial charge in [-0.2, -0.15) is 0 Å². The second-order valence-corrected chi connectivity index (χ2v) is 11.0. The number of aryl methyl sites for hydroxylation is 2. The number of fused-ring (bicyclic) bond motifs is 5. The largest absolute Gasteiger partial charge is 0.422 e. The van der Waals surface area contributed by atoms with Crippen LogP contribution in [0.4, 0.5) is 0 Å². The number of nitrogens with one attached hydrogen (secondary N) is 1. The summed E-state index contributed by atoms with van der Waals surface area (Å²) >= 11 is 1.92. The summed E-state index contributed by atoms with van der Waals surface area (Å²) in [6, 6.07) is 6.74. The maximum atomic E-state index is 12.5. The highest BCUT2D eigenvalue weighted by molar-refractivity contribution is 7.12. The predicted molar refractivity (Wildman–Crippen MR) is 122 cm³/mol. The number of rotatable bonds is 6. The summed E-state index contributed by atoms with van der Waals surface area (Å²) in [4.78, 5) is 27.8. The van der Waals surface area contributed by atoms with Crippen LogP contribution in [0.5, 0.6) is 11.5 Å². The van der Waals surface area contributed by atoms with E-state index in [9.17, 15) is 9.59 Å². The van der Waals surface area contributed by atoms with E-state index in [4.69, 9.17) is 9.47 Å². The van der Waals surface area contributed by atoms with Crippen LogP contribution in [-0.4, -0.2) is 18.0 Å². The maximum Gasteiger partial charge on any atom is 0.314 e. The van der Waals surface area contributed by atoms with Crippen molar-refractivity contribution in [3.8, 4) is 11.5 Å². The second kappa shape index (κ2) is 7.99. The van der Waals surface area contributed by atoms with E-state index in [0.29, 0.717) is 17.5 Å². The Morgan fingerprint density at radius 2 is 1.66 bits per heavy atom. The lowest BCUT2D eigenvalue weighted by molar-refractivity contribution is -0.138. The number of benzene rings is 1. The molecule has 4 aliphatic rings. The van der Waals surface area contributed by atoms with Crippen LogP contribution in [-0.2, 0) is 29.0 Å². The fourth-order valence-electron chi connectivity index (χ4n) is 5.10. The molecule has 2 aromatic rings. The third-order valence-corrected chi connectivity index (χ3v) is 8.37. The van der Waals surface area contributed by atoms with Gasteiger partial charge >= 0.3 is 11.9 Å². The first-order valence-corrected chi connectivity index (χ1v) is 12.9. The number of hydrogen-bond donors (Lipinski definition) is 1. The van der Waals surface area contributed by atoms with Gasteiger partial charge in [0.1, 0.15) is 0 Å². The van der Waals surface area contributed by atoms with Crippen molar-refractivity contribution in [2.75, 3.05) is 0 Å². The molecule has 32 heavy (non-hydrogen) atoms. The molecule has 2 fully saturated rings. The van der Waals surface area contributed by atoms with Gasteiger partial charge in [-0.25, -0.2) is 0 Å². The highest BCUT2D eigenvalue weighted by Crippen LogP contribution is 2.47. The lowest BCUT2D eigenvalue weighted by Crippen LogP contribution is -2.42. The van der Waals surface area contributed by atoms with Gasteiger partial charge in [0.2, 0.25) is 0 Å². The van der Waals surface area contributed by atoms with Crippen molar-refractivity contribution in [3.63, 3.8) is 0 Å². The van der Waals surface area contributed by atoms with E-state index in [0.717, 1.165) is 57.9 Å². The van der Waals surface area contributed by atoms with Crippen molar-refractivity contribution in [1.82, 2.24) is 5.32 Å². The molecule has 2 atom stereocenters. The molecule has 0 bridgehead atoms. The summed E-state index contributed by atoms with van der Waals surface area (Å²) < 4.78 is 11.6. The lowest BCUT2D eigenvalue weighted by atomic mass is 9.74. The number of carbonyl (C=O) groups excluding carboxylic acids is 2. The molecule has 5 nitrogen and oxygen atoms in total. The first-order valence-electron chi connectivity index (χ1n) is 12.1. The standard InChI is InChI=1S/C26H29NO4S/c1-2-3-17-11-19-23(32-17)13-27-20-9-8-16-10-21(30-25(28)14-4-5-14)22(12-18(16)24(19)20)31-26(29)15-6-7-15/h10-12,14-15,20,24,27H,2-9,13H2,1H3/t20-,24+/m1/s1. The van der Waals surface area contributed by atoms with Gasteiger partial charge in [-0.1, -0.05) is 13.3 Å². The number of thiophene rings is 1. The van der Waals surface area contributed by atoms with Gasteiger partial charge in [-0.15, -0.1) is 11.3 Å². The minimum absolute atomic E-state index is 0.00436. The normalized spacial score (nSPS) is 23.7. The average Bonchev–Trinajstić information content (AvgIpc) is 3.69. The van der Waals surface area contributed by atoms with E-state index < -0.39 is 0 Å². The molecule has 168 valence electrons. The van der Waals surface area contributed by atoms with Crippen LogP contribution < -0.4 is 14.8 Å². The van der Waals surface area contributed by atoms with Crippen molar-refractivity contribution in [2.45, 2.75) is 76.8 Å². The molecule has 0 unspecified atom stereocenters. The second-order valence-electron chi connectivity index (χ2n) is 9.73. The molecule has 1 aromatic heterocycles. The summed E-state index contributed by atoms with van der Waals surface area (Å²) in [5.74, 6) is 0.643. The van der Waals surface area contributed by atoms with Crippen LogP contribution in [0.1, 0.15) is 77.8 Å². The smallest absolute Gasteiger partial charge is 0.314 e. The van der Waals surface area contributed by atoms with Gasteiger partial charge in [0, 0.05) is 28.3 Å². The Kier molecular flexibility index (Phi) is 5.10. The summed E-state index contributed by atoms with van der Waals surface area (Å²) in [5, 5.41) is 3.75. The van der Waals surface area contributed by atoms with Crippen molar-refractivity contribution >= 4 is 23.3 Å². The maximum absolute atomic E-state index is 12.5. The molecule has 0 radical (unpaired) electrons. The summed E-state index contributed by atoms with van der Waals surface area (Å²) in [5.41, 5.74) is 3.83. The van der Waals surface area contributed by atoms with Crippen molar-refractivity contribution in [3.05, 3.63) is 44.6 Å². The van der Waals surface area contributed by atoms with Crippen LogP contribution >= 0.6 is 11.3 Å². The number of hydrogen-bond acceptors (Lipinski definition) is 6. The monoisotopic (exact) mass is 451 g/mol. The molecule has 2 saturated carbocycles. The predicted octanol–water partition coefficient (Wildman–Crippen LogP) is 4.88. The van der Waals surface area contributed by atoms with E-state index >= 15 is 0 Å². The third-order valence-electron chi connectivity index (χ3n) is 7.16. The van der Waals surface area contributed by atoms with Gasteiger partial charge in [-0.3, -0.25) is 9.59 Å². The van der Waals surface area contributed by atoms with Crippen LogP contribution in [0.25, 0.3) is 0 Å². The SMILES string of the molecule is CCCc1cc2c(s1)CN[C@@H]1CCc3cc(OC(=O)C4CC4)c(OC(=O)C4CC4)cc3[C@@H]21. The first kappa shape index (κ1) is 20.4. The fourth-order valence-corrected chi connectivity index (χ4v) is 6.37. The number of carbonyl (C=O) groups is 2. The summed E-state index contributed by atoms with van der Waals surface area (Å²) in [6.07, 6.45) is 7.77. The molecule has 0 amide bonds. The van der Waals surface area contributed by atoms with Crippen molar-refractivity contribution < 1.29 is 19.1 Å². The Morgan fingerprint density at radius 3 is 2.31 bits per heavy atom. The van der Waals surface area contributed by atoms with E-state index in [2.05, 4.69) is 18.3 Å². The summed E-state index contributed by atoms with van der Waals surface area (Å²) in [6.45, 7) is 3.15. The molecular formula is C26H29NO4S. The van der Waals surface area contributed by atoms with Gasteiger partial charge < -0.3 is 14.8 Å².